The number of halogens is 1. The Bertz CT molecular complexity index is 517. The quantitative estimate of drug-likeness (QED) is 0.876. The van der Waals surface area contributed by atoms with Crippen LogP contribution in [0.3, 0.4) is 0 Å². The second-order valence-electron chi connectivity index (χ2n) is 4.57. The molecular weight excluding hydrogens is 253 g/mol. The summed E-state index contributed by atoms with van der Waals surface area (Å²) in [6, 6.07) is 3.27. The number of carboxylic acid groups (broad SMARTS) is 1. The van der Waals surface area contributed by atoms with E-state index in [1.807, 2.05) is 6.92 Å². The highest BCUT2D eigenvalue weighted by Crippen LogP contribution is 2.22. The number of carbonyl (C=O) groups excluding carboxylic acids is 1. The van der Waals surface area contributed by atoms with E-state index in [1.54, 1.807) is 0 Å². The van der Waals surface area contributed by atoms with E-state index in [0.29, 0.717) is 13.0 Å². The fourth-order valence-electron chi connectivity index (χ4n) is 1.99. The van der Waals surface area contributed by atoms with Gasteiger partial charge >= 0.3 is 5.97 Å². The Labute approximate surface area is 109 Å². The van der Waals surface area contributed by atoms with Crippen LogP contribution in [-0.4, -0.2) is 29.7 Å². The molecule has 1 aromatic rings. The maximum Gasteiger partial charge on any atom is 0.335 e. The van der Waals surface area contributed by atoms with E-state index >= 15 is 0 Å². The summed E-state index contributed by atoms with van der Waals surface area (Å²) in [5.74, 6) is -2.52. The van der Waals surface area contributed by atoms with Crippen molar-refractivity contribution in [2.45, 2.75) is 19.4 Å². The van der Waals surface area contributed by atoms with Crippen LogP contribution < -0.4 is 5.32 Å². The molecule has 2 N–H and O–H groups in total. The Kier molecular flexibility index (Phi) is 3.80. The van der Waals surface area contributed by atoms with Crippen molar-refractivity contribution >= 4 is 17.6 Å². The van der Waals surface area contributed by atoms with E-state index in [2.05, 4.69) is 5.32 Å². The van der Waals surface area contributed by atoms with Gasteiger partial charge in [-0.05, 0) is 31.5 Å². The van der Waals surface area contributed by atoms with Gasteiger partial charge < -0.3 is 15.2 Å². The van der Waals surface area contributed by atoms with E-state index < -0.39 is 11.8 Å². The molecule has 1 amide bonds. The zero-order valence-electron chi connectivity index (χ0n) is 10.4. The molecule has 0 aromatic heterocycles. The number of carbonyl (C=O) groups is 2. The summed E-state index contributed by atoms with van der Waals surface area (Å²) < 4.78 is 18.8. The number of benzene rings is 1. The maximum atomic E-state index is 13.5. The third kappa shape index (κ3) is 3.08. The van der Waals surface area contributed by atoms with Gasteiger partial charge in [-0.1, -0.05) is 0 Å². The van der Waals surface area contributed by atoms with E-state index in [1.165, 1.54) is 0 Å². The van der Waals surface area contributed by atoms with E-state index in [-0.39, 0.29) is 29.2 Å². The van der Waals surface area contributed by atoms with Crippen molar-refractivity contribution in [3.63, 3.8) is 0 Å². The van der Waals surface area contributed by atoms with Crippen LogP contribution in [0.2, 0.25) is 0 Å². The number of ether oxygens (including phenoxy) is 1. The molecule has 1 heterocycles. The van der Waals surface area contributed by atoms with Crippen molar-refractivity contribution in [1.29, 1.82) is 0 Å². The number of hydrogen-bond acceptors (Lipinski definition) is 3. The van der Waals surface area contributed by atoms with Crippen molar-refractivity contribution < 1.29 is 23.8 Å². The average molecular weight is 267 g/mol. The van der Waals surface area contributed by atoms with E-state index in [4.69, 9.17) is 9.84 Å². The van der Waals surface area contributed by atoms with Crippen LogP contribution in [0.4, 0.5) is 10.1 Å². The molecule has 1 fully saturated rings. The fraction of sp³-hybridized carbons (Fsp3) is 0.385. The van der Waals surface area contributed by atoms with Gasteiger partial charge in [0.05, 0.1) is 29.9 Å². The summed E-state index contributed by atoms with van der Waals surface area (Å²) in [5.41, 5.74) is -0.197. The van der Waals surface area contributed by atoms with Gasteiger partial charge in [-0.15, -0.1) is 0 Å². The highest BCUT2D eigenvalue weighted by molar-refractivity contribution is 5.95. The molecular formula is C13H14FNO4. The van der Waals surface area contributed by atoms with Crippen molar-refractivity contribution in [2.24, 2.45) is 5.92 Å². The molecule has 2 rings (SSSR count). The number of nitrogens with one attached hydrogen (secondary N) is 1. The molecule has 6 heteroatoms. The van der Waals surface area contributed by atoms with Crippen molar-refractivity contribution in [2.75, 3.05) is 11.9 Å². The summed E-state index contributed by atoms with van der Waals surface area (Å²) >= 11 is 0. The molecule has 0 radical (unpaired) electrons. The lowest BCUT2D eigenvalue weighted by Crippen LogP contribution is -2.23. The van der Waals surface area contributed by atoms with Gasteiger partial charge in [0.15, 0.2) is 0 Å². The Balaban J connectivity index is 2.12. The molecule has 1 aliphatic heterocycles. The van der Waals surface area contributed by atoms with Crippen molar-refractivity contribution in [1.82, 2.24) is 0 Å². The minimum atomic E-state index is -1.17. The second kappa shape index (κ2) is 5.36. The van der Waals surface area contributed by atoms with Crippen LogP contribution >= 0.6 is 0 Å². The molecule has 2 atom stereocenters. The van der Waals surface area contributed by atoms with Gasteiger partial charge in [-0.2, -0.15) is 0 Å². The normalized spacial score (nSPS) is 22.2. The first-order valence-electron chi connectivity index (χ1n) is 5.92. The first-order valence-corrected chi connectivity index (χ1v) is 5.92. The molecule has 5 nitrogen and oxygen atoms in total. The maximum absolute atomic E-state index is 13.5. The number of hydrogen-bond donors (Lipinski definition) is 2. The summed E-state index contributed by atoms with van der Waals surface area (Å²) in [5, 5.41) is 11.2. The molecule has 0 saturated carbocycles. The lowest BCUT2D eigenvalue weighted by atomic mass is 10.1. The van der Waals surface area contributed by atoms with Crippen LogP contribution in [0.15, 0.2) is 18.2 Å². The molecule has 102 valence electrons. The standard InChI is InChI=1S/C13H14FNO4/c1-7-4-9(6-19-7)12(16)15-11-5-8(13(17)18)2-3-10(11)14/h2-3,5,7,9H,4,6H2,1H3,(H,15,16)(H,17,18). The second-order valence-corrected chi connectivity index (χ2v) is 4.57. The summed E-state index contributed by atoms with van der Waals surface area (Å²) in [7, 11) is 0. The smallest absolute Gasteiger partial charge is 0.335 e. The van der Waals surface area contributed by atoms with Gasteiger partial charge in [0.2, 0.25) is 5.91 Å². The summed E-state index contributed by atoms with van der Waals surface area (Å²) in [6.45, 7) is 2.16. The third-order valence-electron chi connectivity index (χ3n) is 3.04. The Morgan fingerprint density at radius 2 is 2.21 bits per heavy atom. The predicted octanol–water partition coefficient (Wildman–Crippen LogP) is 1.89. The first kappa shape index (κ1) is 13.5. The summed E-state index contributed by atoms with van der Waals surface area (Å²) in [6.07, 6.45) is 0.581. The minimum Gasteiger partial charge on any atom is -0.478 e. The number of aromatic carboxylic acids is 1. The van der Waals surface area contributed by atoms with Crippen LogP contribution in [0.1, 0.15) is 23.7 Å². The zero-order chi connectivity index (χ0) is 14.0. The van der Waals surface area contributed by atoms with Gasteiger partial charge in [0, 0.05) is 0 Å². The summed E-state index contributed by atoms with van der Waals surface area (Å²) in [4.78, 5) is 22.7. The highest BCUT2D eigenvalue weighted by Gasteiger charge is 2.28. The SMILES string of the molecule is CC1CC(C(=O)Nc2cc(C(=O)O)ccc2F)CO1. The van der Waals surface area contributed by atoms with Crippen LogP contribution in [0.5, 0.6) is 0 Å². The minimum absolute atomic E-state index is 0.00551. The third-order valence-corrected chi connectivity index (χ3v) is 3.04. The molecule has 1 saturated heterocycles. The molecule has 0 bridgehead atoms. The molecule has 0 aliphatic carbocycles. The van der Waals surface area contributed by atoms with Gasteiger partial charge in [0.1, 0.15) is 5.82 Å². The molecule has 2 unspecified atom stereocenters. The predicted molar refractivity (Wildman–Crippen MR) is 65.5 cm³/mol. The zero-order valence-corrected chi connectivity index (χ0v) is 10.4. The highest BCUT2D eigenvalue weighted by atomic mass is 19.1. The average Bonchev–Trinajstić information content (AvgIpc) is 2.78. The van der Waals surface area contributed by atoms with Crippen molar-refractivity contribution in [3.05, 3.63) is 29.6 Å². The van der Waals surface area contributed by atoms with Crippen LogP contribution in [0.25, 0.3) is 0 Å². The van der Waals surface area contributed by atoms with Gasteiger partial charge in [-0.3, -0.25) is 4.79 Å². The number of rotatable bonds is 3. The largest absolute Gasteiger partial charge is 0.478 e. The van der Waals surface area contributed by atoms with Gasteiger partial charge in [-0.25, -0.2) is 9.18 Å². The molecule has 0 spiro atoms. The van der Waals surface area contributed by atoms with E-state index in [9.17, 15) is 14.0 Å². The first-order chi connectivity index (χ1) is 8.97. The number of anilines is 1. The Hall–Kier alpha value is -1.95. The van der Waals surface area contributed by atoms with Crippen molar-refractivity contribution in [3.8, 4) is 0 Å². The lowest BCUT2D eigenvalue weighted by molar-refractivity contribution is -0.119. The number of amides is 1. The van der Waals surface area contributed by atoms with E-state index in [0.717, 1.165) is 18.2 Å². The molecule has 1 aliphatic rings. The van der Waals surface area contributed by atoms with Crippen LogP contribution in [0, 0.1) is 11.7 Å². The molecule has 1 aromatic carbocycles. The Morgan fingerprint density at radius 1 is 1.47 bits per heavy atom. The number of carboxylic acids is 1. The van der Waals surface area contributed by atoms with Crippen LogP contribution in [-0.2, 0) is 9.53 Å². The van der Waals surface area contributed by atoms with Gasteiger partial charge in [0.25, 0.3) is 0 Å². The fourth-order valence-corrected chi connectivity index (χ4v) is 1.99. The molecule has 19 heavy (non-hydrogen) atoms. The monoisotopic (exact) mass is 267 g/mol. The Morgan fingerprint density at radius 3 is 2.79 bits per heavy atom. The lowest BCUT2D eigenvalue weighted by Gasteiger charge is -2.10. The topological polar surface area (TPSA) is 75.6 Å².